The Morgan fingerprint density at radius 1 is 0.862 bits per heavy atom. The third kappa shape index (κ3) is 2.82. The topological polar surface area (TPSA) is 21.2 Å². The van der Waals surface area contributed by atoms with Gasteiger partial charge >= 0.3 is 0 Å². The lowest BCUT2D eigenvalue weighted by Gasteiger charge is -2.07. The fourth-order valence-electron chi connectivity index (χ4n) is 4.28. The molecule has 5 aromatic rings. The molecule has 6 rings (SSSR count). The van der Waals surface area contributed by atoms with E-state index in [1.807, 2.05) is 0 Å². The normalized spacial score (nSPS) is 13.9. The smallest absolute Gasteiger partial charge is 0.248 e. The number of pyridine rings is 2. The van der Waals surface area contributed by atoms with Crippen LogP contribution in [-0.4, -0.2) is 9.38 Å². The van der Waals surface area contributed by atoms with Crippen molar-refractivity contribution in [1.82, 2.24) is 9.38 Å². The molecule has 29 heavy (non-hydrogen) atoms. The van der Waals surface area contributed by atoms with Crippen LogP contribution in [0.4, 0.5) is 0 Å². The second-order valence-electron chi connectivity index (χ2n) is 7.90. The number of aromatic nitrogens is 3. The van der Waals surface area contributed by atoms with Crippen LogP contribution in [0.1, 0.15) is 30.0 Å². The van der Waals surface area contributed by atoms with E-state index in [1.165, 1.54) is 46.3 Å². The van der Waals surface area contributed by atoms with Crippen molar-refractivity contribution < 1.29 is 4.57 Å². The monoisotopic (exact) mass is 376 g/mol. The van der Waals surface area contributed by atoms with Gasteiger partial charge in [-0.25, -0.2) is 9.55 Å². The Morgan fingerprint density at radius 3 is 2.34 bits per heavy atom. The summed E-state index contributed by atoms with van der Waals surface area (Å²) in [6.07, 6.45) is 4.67. The van der Waals surface area contributed by atoms with Gasteiger partial charge in [-0.3, -0.25) is 0 Å². The molecule has 1 fully saturated rings. The number of benzene rings is 2. The molecule has 0 saturated heterocycles. The molecule has 3 nitrogen and oxygen atoms in total. The van der Waals surface area contributed by atoms with Crippen molar-refractivity contribution in [1.29, 1.82) is 0 Å². The maximum atomic E-state index is 5.20. The minimum absolute atomic E-state index is 0.610. The average Bonchev–Trinajstić information content (AvgIpc) is 3.59. The first-order chi connectivity index (χ1) is 14.4. The lowest BCUT2D eigenvalue weighted by atomic mass is 10.1. The molecule has 0 amide bonds. The second-order valence-corrected chi connectivity index (χ2v) is 7.90. The van der Waals surface area contributed by atoms with Gasteiger partial charge in [0.2, 0.25) is 5.52 Å². The summed E-state index contributed by atoms with van der Waals surface area (Å²) in [4.78, 5) is 5.20. The van der Waals surface area contributed by atoms with Crippen LogP contribution in [0.15, 0.2) is 91.1 Å². The Morgan fingerprint density at radius 2 is 1.59 bits per heavy atom. The largest absolute Gasteiger partial charge is 0.287 e. The van der Waals surface area contributed by atoms with Gasteiger partial charge in [-0.15, -0.1) is 0 Å². The van der Waals surface area contributed by atoms with Gasteiger partial charge in [-0.2, -0.15) is 4.40 Å². The Balaban J connectivity index is 1.71. The van der Waals surface area contributed by atoms with Crippen LogP contribution >= 0.6 is 0 Å². The summed E-state index contributed by atoms with van der Waals surface area (Å²) >= 11 is 0. The molecule has 2 aromatic carbocycles. The molecule has 0 aliphatic heterocycles. The fraction of sp³-hybridized carbons (Fsp3) is 0.154. The van der Waals surface area contributed by atoms with Crippen molar-refractivity contribution in [3.8, 4) is 11.3 Å². The molecule has 0 spiro atoms. The molecular formula is C26H22N3+. The summed E-state index contributed by atoms with van der Waals surface area (Å²) in [7, 11) is 0. The number of fused-ring (bicyclic) bond motifs is 3. The number of rotatable bonds is 4. The van der Waals surface area contributed by atoms with Gasteiger partial charge in [-0.05, 0) is 24.5 Å². The van der Waals surface area contributed by atoms with Crippen molar-refractivity contribution in [2.45, 2.75) is 25.3 Å². The maximum Gasteiger partial charge on any atom is 0.287 e. The summed E-state index contributed by atoms with van der Waals surface area (Å²) in [6, 6.07) is 30.0. The van der Waals surface area contributed by atoms with Crippen LogP contribution in [0, 0.1) is 0 Å². The molecule has 1 saturated carbocycles. The number of hydrogen-bond donors (Lipinski definition) is 0. The van der Waals surface area contributed by atoms with E-state index in [0.29, 0.717) is 5.92 Å². The Bertz CT molecular complexity index is 1320. The van der Waals surface area contributed by atoms with Crippen molar-refractivity contribution >= 4 is 16.7 Å². The van der Waals surface area contributed by atoms with E-state index in [1.54, 1.807) is 0 Å². The highest BCUT2D eigenvalue weighted by atomic mass is 15.1. The third-order valence-corrected chi connectivity index (χ3v) is 5.86. The van der Waals surface area contributed by atoms with Crippen molar-refractivity contribution in [2.75, 3.05) is 0 Å². The Kier molecular flexibility index (Phi) is 3.73. The maximum absolute atomic E-state index is 5.20. The summed E-state index contributed by atoms with van der Waals surface area (Å²) in [6.45, 7) is 0.822. The minimum Gasteiger partial charge on any atom is -0.248 e. The Hall–Kier alpha value is -3.46. The zero-order chi connectivity index (χ0) is 19.2. The van der Waals surface area contributed by atoms with Gasteiger partial charge < -0.3 is 0 Å². The van der Waals surface area contributed by atoms with Crippen LogP contribution < -0.4 is 4.57 Å². The first-order valence-electron chi connectivity index (χ1n) is 10.3. The van der Waals surface area contributed by atoms with Crippen molar-refractivity contribution in [3.63, 3.8) is 0 Å². The molecule has 0 atom stereocenters. The van der Waals surface area contributed by atoms with Crippen LogP contribution in [0.3, 0.4) is 0 Å². The highest BCUT2D eigenvalue weighted by molar-refractivity contribution is 5.89. The second kappa shape index (κ2) is 6.56. The predicted molar refractivity (Wildman–Crippen MR) is 116 cm³/mol. The van der Waals surface area contributed by atoms with E-state index in [4.69, 9.17) is 4.98 Å². The van der Waals surface area contributed by atoms with Crippen molar-refractivity contribution in [2.24, 2.45) is 0 Å². The number of nitrogens with zero attached hydrogens (tertiary/aromatic N) is 3. The number of imidazole rings is 1. The minimum atomic E-state index is 0.610. The van der Waals surface area contributed by atoms with Gasteiger partial charge in [0, 0.05) is 29.3 Å². The standard InChI is InChI=1S/C26H22N3/c1-3-9-19(10-4-1)18-29-24-13-7-8-16-28(24)23-17-22(20-14-15-20)27-25(26(23)29)21-11-5-2-6-12-21/h1-13,16-17,20H,14-15,18H2/q+1. The SMILES string of the molecule is c1ccc(C[n+]2c3c(-c4ccccc4)nc(C4CC4)cc3n3ccccc32)cc1. The highest BCUT2D eigenvalue weighted by Gasteiger charge is 2.30. The average molecular weight is 376 g/mol. The van der Waals surface area contributed by atoms with Gasteiger partial charge in [0.15, 0.2) is 5.52 Å². The van der Waals surface area contributed by atoms with Gasteiger partial charge in [0.25, 0.3) is 5.65 Å². The molecule has 1 aliphatic rings. The van der Waals surface area contributed by atoms with Gasteiger partial charge in [0.05, 0.1) is 6.20 Å². The zero-order valence-electron chi connectivity index (χ0n) is 16.2. The molecule has 140 valence electrons. The predicted octanol–water partition coefficient (Wildman–Crippen LogP) is 5.37. The molecule has 3 aromatic heterocycles. The molecule has 1 aliphatic carbocycles. The highest BCUT2D eigenvalue weighted by Crippen LogP contribution is 2.41. The first-order valence-corrected chi connectivity index (χ1v) is 10.3. The van der Waals surface area contributed by atoms with E-state index >= 15 is 0 Å². The summed E-state index contributed by atoms with van der Waals surface area (Å²) < 4.78 is 4.73. The molecule has 0 N–H and O–H groups in total. The van der Waals surface area contributed by atoms with Crippen LogP contribution in [0.2, 0.25) is 0 Å². The van der Waals surface area contributed by atoms with Gasteiger partial charge in [0.1, 0.15) is 12.2 Å². The molecule has 0 bridgehead atoms. The molecule has 3 heterocycles. The summed E-state index contributed by atoms with van der Waals surface area (Å²) in [5, 5.41) is 0. The summed E-state index contributed by atoms with van der Waals surface area (Å²) in [5.74, 6) is 0.610. The lowest BCUT2D eigenvalue weighted by molar-refractivity contribution is -0.636. The van der Waals surface area contributed by atoms with Gasteiger partial charge in [-0.1, -0.05) is 66.7 Å². The first kappa shape index (κ1) is 16.5. The van der Waals surface area contributed by atoms with Crippen LogP contribution in [0.25, 0.3) is 27.9 Å². The quantitative estimate of drug-likeness (QED) is 0.387. The van der Waals surface area contributed by atoms with Crippen LogP contribution in [0.5, 0.6) is 0 Å². The van der Waals surface area contributed by atoms with E-state index in [2.05, 4.69) is 100 Å². The lowest BCUT2D eigenvalue weighted by Crippen LogP contribution is -2.34. The zero-order valence-corrected chi connectivity index (χ0v) is 16.2. The van der Waals surface area contributed by atoms with E-state index in [0.717, 1.165) is 12.2 Å². The molecule has 0 radical (unpaired) electrons. The summed E-state index contributed by atoms with van der Waals surface area (Å²) in [5.41, 5.74) is 8.43. The third-order valence-electron chi connectivity index (χ3n) is 5.86. The van der Waals surface area contributed by atoms with Crippen LogP contribution in [-0.2, 0) is 6.54 Å². The fourth-order valence-corrected chi connectivity index (χ4v) is 4.28. The Labute approximate surface area is 169 Å². The molecule has 3 heteroatoms. The van der Waals surface area contributed by atoms with E-state index < -0.39 is 0 Å². The van der Waals surface area contributed by atoms with E-state index in [9.17, 15) is 0 Å². The van der Waals surface area contributed by atoms with E-state index in [-0.39, 0.29) is 0 Å². The van der Waals surface area contributed by atoms with Crippen molar-refractivity contribution in [3.05, 3.63) is 102 Å². The molecule has 0 unspecified atom stereocenters. The number of hydrogen-bond acceptors (Lipinski definition) is 1. The molecular weight excluding hydrogens is 354 g/mol.